The fourth-order valence-corrected chi connectivity index (χ4v) is 6.60. The first kappa shape index (κ1) is 21.0. The molecule has 0 saturated carbocycles. The molecule has 0 fully saturated rings. The van der Waals surface area contributed by atoms with Crippen molar-refractivity contribution in [2.24, 2.45) is 5.10 Å². The number of para-hydroxylation sites is 3. The lowest BCUT2D eigenvalue weighted by Crippen LogP contribution is -1.99. The van der Waals surface area contributed by atoms with Crippen molar-refractivity contribution in [2.75, 3.05) is 5.43 Å². The zero-order chi connectivity index (χ0) is 22.9. The summed E-state index contributed by atoms with van der Waals surface area (Å²) < 4.78 is 5.22. The van der Waals surface area contributed by atoms with E-state index in [1.54, 1.807) is 34.4 Å². The molecule has 0 unspecified atom stereocenters. The number of rotatable bonds is 6. The summed E-state index contributed by atoms with van der Waals surface area (Å²) in [6.45, 7) is 2.00. The molecule has 0 aliphatic carbocycles. The lowest BCUT2D eigenvalue weighted by atomic mass is 10.3. The van der Waals surface area contributed by atoms with Crippen molar-refractivity contribution < 1.29 is 0 Å². The van der Waals surface area contributed by atoms with Gasteiger partial charge in [0, 0.05) is 0 Å². The highest BCUT2D eigenvalue weighted by molar-refractivity contribution is 8.01. The second-order valence-corrected chi connectivity index (χ2v) is 10.8. The van der Waals surface area contributed by atoms with Crippen LogP contribution in [0.4, 0.5) is 5.13 Å². The Morgan fingerprint density at radius 3 is 2.26 bits per heavy atom. The number of hydrogen-bond acceptors (Lipinski definition) is 8. The monoisotopic (exact) mass is 498 g/mol. The molecule has 3 aromatic carbocycles. The summed E-state index contributed by atoms with van der Waals surface area (Å²) in [6, 6.07) is 26.4. The zero-order valence-corrected chi connectivity index (χ0v) is 20.5. The Kier molecular flexibility index (Phi) is 5.58. The van der Waals surface area contributed by atoms with Crippen LogP contribution >= 0.6 is 34.4 Å². The normalized spacial score (nSPS) is 11.7. The van der Waals surface area contributed by atoms with Crippen LogP contribution in [-0.2, 0) is 0 Å². The van der Waals surface area contributed by atoms with E-state index >= 15 is 0 Å². The van der Waals surface area contributed by atoms with Gasteiger partial charge in [-0.25, -0.2) is 14.6 Å². The van der Waals surface area contributed by atoms with E-state index in [0.717, 1.165) is 47.2 Å². The molecule has 6 nitrogen and oxygen atoms in total. The summed E-state index contributed by atoms with van der Waals surface area (Å²) in [7, 11) is 0. The molecule has 0 bridgehead atoms. The van der Waals surface area contributed by atoms with Gasteiger partial charge in [0.15, 0.2) is 4.34 Å². The van der Waals surface area contributed by atoms with Gasteiger partial charge in [-0.05, 0) is 55.1 Å². The topological polar surface area (TPSA) is 68.0 Å². The lowest BCUT2D eigenvalue weighted by Gasteiger charge is -2.06. The first-order valence-corrected chi connectivity index (χ1v) is 13.0. The van der Waals surface area contributed by atoms with E-state index in [0.29, 0.717) is 0 Å². The highest BCUT2D eigenvalue weighted by Gasteiger charge is 2.18. The number of nitrogens with one attached hydrogen (secondary N) is 1. The van der Waals surface area contributed by atoms with Gasteiger partial charge in [0.2, 0.25) is 5.13 Å². The molecule has 9 heteroatoms. The van der Waals surface area contributed by atoms with Crippen LogP contribution in [0.3, 0.4) is 0 Å². The summed E-state index contributed by atoms with van der Waals surface area (Å²) in [6.07, 6.45) is 1.82. The lowest BCUT2D eigenvalue weighted by molar-refractivity contribution is 0.793. The minimum absolute atomic E-state index is 0.755. The van der Waals surface area contributed by atoms with Crippen molar-refractivity contribution >= 4 is 66.2 Å². The predicted octanol–water partition coefficient (Wildman–Crippen LogP) is 7.00. The number of anilines is 1. The van der Waals surface area contributed by atoms with Crippen molar-refractivity contribution in [1.82, 2.24) is 19.7 Å². The number of thiazole rings is 2. The molecule has 0 aliphatic heterocycles. The van der Waals surface area contributed by atoms with E-state index in [2.05, 4.69) is 39.8 Å². The number of fused-ring (bicyclic) bond motifs is 2. The van der Waals surface area contributed by atoms with Gasteiger partial charge >= 0.3 is 0 Å². The van der Waals surface area contributed by atoms with Crippen molar-refractivity contribution in [3.8, 4) is 5.69 Å². The minimum atomic E-state index is 0.755. The Labute approximate surface area is 208 Å². The van der Waals surface area contributed by atoms with Gasteiger partial charge < -0.3 is 0 Å². The number of hydrogen-bond donors (Lipinski definition) is 1. The molecular formula is C25H18N6S3. The third kappa shape index (κ3) is 4.09. The highest BCUT2D eigenvalue weighted by atomic mass is 32.2. The minimum Gasteiger partial charge on any atom is -0.253 e. The summed E-state index contributed by atoms with van der Waals surface area (Å²) in [5, 5.41) is 11.1. The van der Waals surface area contributed by atoms with Crippen LogP contribution in [0.1, 0.15) is 11.3 Å². The molecule has 0 radical (unpaired) electrons. The fourth-order valence-electron chi connectivity index (χ4n) is 3.56. The smallest absolute Gasteiger partial charge is 0.204 e. The van der Waals surface area contributed by atoms with Gasteiger partial charge in [-0.3, -0.25) is 5.43 Å². The maximum atomic E-state index is 4.83. The maximum absolute atomic E-state index is 4.83. The zero-order valence-electron chi connectivity index (χ0n) is 18.0. The van der Waals surface area contributed by atoms with Crippen molar-refractivity contribution in [1.29, 1.82) is 0 Å². The van der Waals surface area contributed by atoms with E-state index < -0.39 is 0 Å². The van der Waals surface area contributed by atoms with Gasteiger partial charge in [0.05, 0.1) is 43.6 Å². The van der Waals surface area contributed by atoms with E-state index in [1.165, 1.54) is 4.70 Å². The average Bonchev–Trinajstić information content (AvgIpc) is 3.55. The number of aryl methyl sites for hydroxylation is 1. The van der Waals surface area contributed by atoms with Crippen LogP contribution in [0.5, 0.6) is 0 Å². The molecule has 6 aromatic rings. The molecular weight excluding hydrogens is 481 g/mol. The largest absolute Gasteiger partial charge is 0.253 e. The quantitative estimate of drug-likeness (QED) is 0.198. The maximum Gasteiger partial charge on any atom is 0.204 e. The third-order valence-electron chi connectivity index (χ3n) is 5.17. The average molecular weight is 499 g/mol. The van der Waals surface area contributed by atoms with Crippen LogP contribution in [0.25, 0.3) is 26.1 Å². The van der Waals surface area contributed by atoms with Crippen LogP contribution in [0.15, 0.2) is 93.3 Å². The van der Waals surface area contributed by atoms with Crippen LogP contribution < -0.4 is 5.43 Å². The van der Waals surface area contributed by atoms with Crippen molar-refractivity contribution in [3.05, 3.63) is 90.1 Å². The molecule has 34 heavy (non-hydrogen) atoms. The summed E-state index contributed by atoms with van der Waals surface area (Å²) in [5.41, 5.74) is 7.89. The second kappa shape index (κ2) is 9.02. The van der Waals surface area contributed by atoms with Crippen molar-refractivity contribution in [3.63, 3.8) is 0 Å². The molecule has 0 atom stereocenters. The van der Waals surface area contributed by atoms with Gasteiger partial charge in [0.25, 0.3) is 0 Å². The van der Waals surface area contributed by atoms with Gasteiger partial charge in [-0.15, -0.1) is 11.3 Å². The summed E-state index contributed by atoms with van der Waals surface area (Å²) in [4.78, 5) is 9.41. The van der Waals surface area contributed by atoms with Crippen LogP contribution in [0.2, 0.25) is 0 Å². The first-order valence-electron chi connectivity index (χ1n) is 10.6. The summed E-state index contributed by atoms with van der Waals surface area (Å²) in [5.74, 6) is 0. The van der Waals surface area contributed by atoms with Gasteiger partial charge in [-0.2, -0.15) is 10.2 Å². The molecule has 0 saturated heterocycles. The summed E-state index contributed by atoms with van der Waals surface area (Å²) >= 11 is 4.87. The van der Waals surface area contributed by atoms with E-state index in [4.69, 9.17) is 10.1 Å². The Morgan fingerprint density at radius 2 is 1.53 bits per heavy atom. The van der Waals surface area contributed by atoms with E-state index in [9.17, 15) is 0 Å². The molecule has 0 amide bonds. The van der Waals surface area contributed by atoms with E-state index in [-0.39, 0.29) is 0 Å². The molecule has 166 valence electrons. The molecule has 3 aromatic heterocycles. The molecule has 6 rings (SSSR count). The number of aromatic nitrogens is 4. The number of benzene rings is 3. The third-order valence-corrected chi connectivity index (χ3v) is 8.29. The van der Waals surface area contributed by atoms with Gasteiger partial charge in [0.1, 0.15) is 5.03 Å². The molecule has 0 spiro atoms. The Hall–Kier alpha value is -3.53. The highest BCUT2D eigenvalue weighted by Crippen LogP contribution is 2.37. The molecule has 3 heterocycles. The standard InChI is InChI=1S/C25H18N6S3/c1-16-18(15-26-29-24-27-19-11-5-7-13-21(19)32-24)23(31(30-16)17-9-3-2-4-10-17)34-25-28-20-12-6-8-14-22(20)33-25/h2-15H,1H3,(H,27,29)/b26-15+. The number of hydrazone groups is 1. The number of nitrogens with zero attached hydrogens (tertiary/aromatic N) is 5. The Morgan fingerprint density at radius 1 is 0.853 bits per heavy atom. The van der Waals surface area contributed by atoms with Crippen LogP contribution in [0, 0.1) is 6.92 Å². The Balaban J connectivity index is 1.37. The van der Waals surface area contributed by atoms with Gasteiger partial charge in [-0.1, -0.05) is 53.8 Å². The Bertz CT molecular complexity index is 1560. The fraction of sp³-hybridized carbons (Fsp3) is 0.0400. The first-order chi connectivity index (χ1) is 16.7. The molecule has 0 aliphatic rings. The molecule has 1 N–H and O–H groups in total. The predicted molar refractivity (Wildman–Crippen MR) is 143 cm³/mol. The second-order valence-electron chi connectivity index (χ2n) is 7.46. The van der Waals surface area contributed by atoms with E-state index in [1.807, 2.05) is 72.4 Å². The van der Waals surface area contributed by atoms with Crippen molar-refractivity contribution in [2.45, 2.75) is 16.3 Å². The SMILES string of the molecule is Cc1nn(-c2ccccc2)c(Sc2nc3ccccc3s2)c1/C=N/Nc1nc2ccccc2s1. The van der Waals surface area contributed by atoms with Crippen LogP contribution in [-0.4, -0.2) is 26.0 Å².